The van der Waals surface area contributed by atoms with Gasteiger partial charge < -0.3 is 4.74 Å². The molecule has 0 radical (unpaired) electrons. The highest BCUT2D eigenvalue weighted by atomic mass is 16.5. The Balaban J connectivity index is 1.56. The molecule has 0 spiro atoms. The highest BCUT2D eigenvalue weighted by Gasteiger charge is 2.49. The van der Waals surface area contributed by atoms with Gasteiger partial charge in [0.05, 0.1) is 5.56 Å². The molecule has 1 saturated carbocycles. The number of aryl methyl sites for hydroxylation is 2. The summed E-state index contributed by atoms with van der Waals surface area (Å²) in [6.07, 6.45) is 9.02. The van der Waals surface area contributed by atoms with Gasteiger partial charge in [-0.15, -0.1) is 0 Å². The molecule has 0 atom stereocenters. The van der Waals surface area contributed by atoms with Crippen LogP contribution in [0.1, 0.15) is 82.4 Å². The minimum Gasteiger partial charge on any atom is -0.486 e. The van der Waals surface area contributed by atoms with Crippen LogP contribution in [-0.4, -0.2) is 5.60 Å². The summed E-state index contributed by atoms with van der Waals surface area (Å²) >= 11 is 0. The van der Waals surface area contributed by atoms with Crippen LogP contribution in [0, 0.1) is 6.92 Å². The Labute approximate surface area is 199 Å². The summed E-state index contributed by atoms with van der Waals surface area (Å²) < 4.78 is 8.87. The van der Waals surface area contributed by atoms with Gasteiger partial charge in [0.1, 0.15) is 18.4 Å². The lowest BCUT2D eigenvalue weighted by Gasteiger charge is -2.33. The Morgan fingerprint density at radius 2 is 1.55 bits per heavy atom. The zero-order chi connectivity index (χ0) is 23.4. The molecule has 3 aromatic rings. The van der Waals surface area contributed by atoms with Gasteiger partial charge in [0.15, 0.2) is 6.20 Å². The van der Waals surface area contributed by atoms with E-state index < -0.39 is 0 Å². The summed E-state index contributed by atoms with van der Waals surface area (Å²) in [6.45, 7) is 11.2. The van der Waals surface area contributed by atoms with E-state index in [0.717, 1.165) is 11.7 Å². The quantitative estimate of drug-likeness (QED) is 0.381. The minimum absolute atomic E-state index is 0.0457. The van der Waals surface area contributed by atoms with Crippen LogP contribution in [0.3, 0.4) is 0 Å². The number of pyridine rings is 1. The topological polar surface area (TPSA) is 13.1 Å². The van der Waals surface area contributed by atoms with E-state index in [-0.39, 0.29) is 11.0 Å². The Morgan fingerprint density at radius 3 is 2.24 bits per heavy atom. The average molecular weight is 441 g/mol. The molecule has 5 rings (SSSR count). The number of rotatable bonds is 3. The van der Waals surface area contributed by atoms with Crippen LogP contribution in [0.4, 0.5) is 0 Å². The van der Waals surface area contributed by atoms with E-state index in [2.05, 4.69) is 101 Å². The largest absolute Gasteiger partial charge is 0.486 e. The minimum atomic E-state index is -0.247. The predicted octanol–water partition coefficient (Wildman–Crippen LogP) is 7.65. The van der Waals surface area contributed by atoms with E-state index >= 15 is 0 Å². The molecule has 172 valence electrons. The van der Waals surface area contributed by atoms with Crippen molar-refractivity contribution in [1.82, 2.24) is 0 Å². The highest BCUT2D eigenvalue weighted by molar-refractivity contribution is 5.77. The standard InChI is InChI=1S/C31H38NO/c1-21-12-17-26-29(33-31(4,5)30(26,2)3)28(21)27-20-25(18-19-32(27)6)24-15-13-23(14-16-24)22-10-8-7-9-11-22/h12-20,22H,7-11H2,1-6H3/q+1. The molecule has 2 aromatic carbocycles. The third-order valence-corrected chi connectivity index (χ3v) is 8.63. The summed E-state index contributed by atoms with van der Waals surface area (Å²) in [5.74, 6) is 1.79. The van der Waals surface area contributed by atoms with Gasteiger partial charge >= 0.3 is 0 Å². The molecule has 0 N–H and O–H groups in total. The highest BCUT2D eigenvalue weighted by Crippen LogP contribution is 2.53. The summed E-state index contributed by atoms with van der Waals surface area (Å²) in [6, 6.07) is 18.4. The first-order valence-electron chi connectivity index (χ1n) is 12.6. The second-order valence-electron chi connectivity index (χ2n) is 11.2. The van der Waals surface area contributed by atoms with Crippen molar-refractivity contribution in [3.05, 3.63) is 71.4 Å². The third kappa shape index (κ3) is 3.68. The maximum absolute atomic E-state index is 6.65. The Morgan fingerprint density at radius 1 is 0.848 bits per heavy atom. The first-order valence-corrected chi connectivity index (χ1v) is 12.6. The molecule has 2 heterocycles. The summed E-state index contributed by atoms with van der Waals surface area (Å²) in [7, 11) is 2.13. The second kappa shape index (κ2) is 8.01. The van der Waals surface area contributed by atoms with Crippen molar-refractivity contribution in [3.63, 3.8) is 0 Å². The van der Waals surface area contributed by atoms with E-state index in [1.54, 1.807) is 0 Å². The van der Waals surface area contributed by atoms with Crippen LogP contribution in [-0.2, 0) is 12.5 Å². The number of aromatic nitrogens is 1. The first-order chi connectivity index (χ1) is 15.7. The lowest BCUT2D eigenvalue weighted by atomic mass is 9.73. The smallest absolute Gasteiger partial charge is 0.216 e. The van der Waals surface area contributed by atoms with E-state index in [1.807, 2.05) is 0 Å². The van der Waals surface area contributed by atoms with E-state index in [0.29, 0.717) is 0 Å². The van der Waals surface area contributed by atoms with Crippen molar-refractivity contribution in [2.24, 2.45) is 7.05 Å². The number of fused-ring (bicyclic) bond motifs is 1. The number of benzene rings is 2. The fourth-order valence-corrected chi connectivity index (χ4v) is 5.69. The van der Waals surface area contributed by atoms with Gasteiger partial charge in [-0.05, 0) is 61.8 Å². The molecular weight excluding hydrogens is 402 g/mol. The summed E-state index contributed by atoms with van der Waals surface area (Å²) in [4.78, 5) is 0. The summed E-state index contributed by atoms with van der Waals surface area (Å²) in [5, 5.41) is 0. The maximum Gasteiger partial charge on any atom is 0.216 e. The van der Waals surface area contributed by atoms with Crippen LogP contribution in [0.5, 0.6) is 5.75 Å². The van der Waals surface area contributed by atoms with Crippen molar-refractivity contribution in [3.8, 4) is 28.1 Å². The molecule has 33 heavy (non-hydrogen) atoms. The number of hydrogen-bond donors (Lipinski definition) is 0. The molecule has 1 aliphatic heterocycles. The second-order valence-corrected chi connectivity index (χ2v) is 11.2. The SMILES string of the molecule is Cc1ccc2c(c1-c1cc(-c3ccc(C4CCCCC4)cc3)cc[n+]1C)OC(C)(C)C2(C)C. The number of ether oxygens (including phenoxy) is 1. The van der Waals surface area contributed by atoms with E-state index in [1.165, 1.54) is 71.2 Å². The molecule has 0 amide bonds. The maximum atomic E-state index is 6.65. The Kier molecular flexibility index (Phi) is 5.39. The average Bonchev–Trinajstić information content (AvgIpc) is 2.99. The Bertz CT molecular complexity index is 1180. The van der Waals surface area contributed by atoms with Crippen LogP contribution >= 0.6 is 0 Å². The van der Waals surface area contributed by atoms with Crippen molar-refractivity contribution >= 4 is 0 Å². The summed E-state index contributed by atoms with van der Waals surface area (Å²) in [5.41, 5.74) is 8.72. The van der Waals surface area contributed by atoms with Crippen molar-refractivity contribution < 1.29 is 9.30 Å². The molecular formula is C31H38NO+. The first kappa shape index (κ1) is 22.2. The van der Waals surface area contributed by atoms with Gasteiger partial charge in [-0.1, -0.05) is 69.5 Å². The van der Waals surface area contributed by atoms with Crippen LogP contribution < -0.4 is 9.30 Å². The molecule has 0 unspecified atom stereocenters. The van der Waals surface area contributed by atoms with Crippen LogP contribution in [0.25, 0.3) is 22.4 Å². The van der Waals surface area contributed by atoms with E-state index in [9.17, 15) is 0 Å². The number of hydrogen-bond acceptors (Lipinski definition) is 1. The molecule has 2 heteroatoms. The zero-order valence-electron chi connectivity index (χ0n) is 21.2. The monoisotopic (exact) mass is 440 g/mol. The van der Waals surface area contributed by atoms with Crippen LogP contribution in [0.2, 0.25) is 0 Å². The normalized spacial score (nSPS) is 19.2. The predicted molar refractivity (Wildman–Crippen MR) is 137 cm³/mol. The molecule has 2 nitrogen and oxygen atoms in total. The van der Waals surface area contributed by atoms with Gasteiger partial charge in [0.2, 0.25) is 5.69 Å². The molecule has 1 aliphatic carbocycles. The lowest BCUT2D eigenvalue weighted by Crippen LogP contribution is -2.41. The molecule has 0 saturated heterocycles. The van der Waals surface area contributed by atoms with Gasteiger partial charge in [0, 0.05) is 23.1 Å². The third-order valence-electron chi connectivity index (χ3n) is 8.63. The Hall–Kier alpha value is -2.61. The fourth-order valence-electron chi connectivity index (χ4n) is 5.69. The fraction of sp³-hybridized carbons (Fsp3) is 0.452. The number of nitrogens with zero attached hydrogens (tertiary/aromatic N) is 1. The van der Waals surface area contributed by atoms with Gasteiger partial charge in [0.25, 0.3) is 0 Å². The van der Waals surface area contributed by atoms with Crippen molar-refractivity contribution in [1.29, 1.82) is 0 Å². The van der Waals surface area contributed by atoms with Gasteiger partial charge in [-0.3, -0.25) is 0 Å². The van der Waals surface area contributed by atoms with Gasteiger partial charge in [-0.25, -0.2) is 4.57 Å². The molecule has 2 aliphatic rings. The van der Waals surface area contributed by atoms with E-state index in [4.69, 9.17) is 4.74 Å². The lowest BCUT2D eigenvalue weighted by molar-refractivity contribution is -0.660. The molecule has 0 bridgehead atoms. The molecule has 1 fully saturated rings. The van der Waals surface area contributed by atoms with Crippen molar-refractivity contribution in [2.45, 2.75) is 83.7 Å². The van der Waals surface area contributed by atoms with Crippen LogP contribution in [0.15, 0.2) is 54.7 Å². The zero-order valence-corrected chi connectivity index (χ0v) is 21.2. The van der Waals surface area contributed by atoms with Crippen molar-refractivity contribution in [2.75, 3.05) is 0 Å². The molecule has 1 aromatic heterocycles. The van der Waals surface area contributed by atoms with Gasteiger partial charge in [-0.2, -0.15) is 0 Å².